The number of rotatable bonds is 6. The Balaban J connectivity index is 1.68. The lowest BCUT2D eigenvalue weighted by Crippen LogP contribution is -2.43. The first-order valence-electron chi connectivity index (χ1n) is 11.4. The summed E-state index contributed by atoms with van der Waals surface area (Å²) in [7, 11) is 2.04. The Bertz CT molecular complexity index is 1300. The van der Waals surface area contributed by atoms with Gasteiger partial charge in [0.1, 0.15) is 5.69 Å². The summed E-state index contributed by atoms with van der Waals surface area (Å²) >= 11 is 0. The first kappa shape index (κ1) is 25.2. The van der Waals surface area contributed by atoms with Crippen LogP contribution in [0, 0.1) is 0 Å². The van der Waals surface area contributed by atoms with Crippen LogP contribution >= 0.6 is 0 Å². The maximum Gasteiger partial charge on any atom is 0.573 e. The number of pyridine rings is 1. The SMILES string of the molecule is C=CC(=O)Nc1c(OC(F)(F)F)ccc2ccc(-c3cccc(C(=O)NC4CCN(C)CC4)n3)cc12. The van der Waals surface area contributed by atoms with Gasteiger partial charge in [-0.05, 0) is 68.7 Å². The lowest BCUT2D eigenvalue weighted by atomic mass is 10.0. The average molecular weight is 499 g/mol. The van der Waals surface area contributed by atoms with Crippen molar-refractivity contribution in [2.75, 3.05) is 25.5 Å². The van der Waals surface area contributed by atoms with Crippen LogP contribution in [0.5, 0.6) is 5.75 Å². The van der Waals surface area contributed by atoms with Crippen LogP contribution in [0.15, 0.2) is 61.2 Å². The van der Waals surface area contributed by atoms with Crippen LogP contribution in [0.3, 0.4) is 0 Å². The summed E-state index contributed by atoms with van der Waals surface area (Å²) in [5, 5.41) is 6.32. The standard InChI is InChI=1S/C26H25F3N4O3/c1-3-23(34)32-24-19-15-17(8-7-16(19)9-10-22(24)36-26(27,28)29)20-5-4-6-21(31-20)25(35)30-18-11-13-33(2)14-12-18/h3-10,15,18H,1,11-14H2,2H3,(H,30,35)(H,32,34). The second kappa shape index (κ2) is 10.4. The molecule has 4 rings (SSSR count). The van der Waals surface area contributed by atoms with Crippen molar-refractivity contribution in [2.45, 2.75) is 25.2 Å². The average Bonchev–Trinajstić information content (AvgIpc) is 2.85. The monoisotopic (exact) mass is 498 g/mol. The summed E-state index contributed by atoms with van der Waals surface area (Å²) in [5.74, 6) is -1.53. The van der Waals surface area contributed by atoms with Crippen LogP contribution < -0.4 is 15.4 Å². The number of nitrogens with zero attached hydrogens (tertiary/aromatic N) is 2. The molecule has 0 unspecified atom stereocenters. The van der Waals surface area contributed by atoms with Gasteiger partial charge in [0.2, 0.25) is 5.91 Å². The van der Waals surface area contributed by atoms with E-state index in [4.69, 9.17) is 0 Å². The predicted octanol–water partition coefficient (Wildman–Crippen LogP) is 4.75. The number of halogens is 3. The highest BCUT2D eigenvalue weighted by Crippen LogP contribution is 2.38. The lowest BCUT2D eigenvalue weighted by Gasteiger charge is -2.29. The summed E-state index contributed by atoms with van der Waals surface area (Å²) in [6.07, 6.45) is -2.29. The zero-order valence-electron chi connectivity index (χ0n) is 19.6. The molecule has 0 atom stereocenters. The van der Waals surface area contributed by atoms with Gasteiger partial charge in [-0.1, -0.05) is 30.8 Å². The van der Waals surface area contributed by atoms with E-state index in [1.165, 1.54) is 6.07 Å². The lowest BCUT2D eigenvalue weighted by molar-refractivity contribution is -0.274. The van der Waals surface area contributed by atoms with Gasteiger partial charge in [0, 0.05) is 17.0 Å². The van der Waals surface area contributed by atoms with E-state index < -0.39 is 18.0 Å². The number of carbonyl (C=O) groups excluding carboxylic acids is 2. The fourth-order valence-corrected chi connectivity index (χ4v) is 4.11. The second-order valence-electron chi connectivity index (χ2n) is 8.57. The first-order valence-corrected chi connectivity index (χ1v) is 11.4. The molecule has 10 heteroatoms. The molecule has 0 spiro atoms. The van der Waals surface area contributed by atoms with E-state index in [1.807, 2.05) is 7.05 Å². The van der Waals surface area contributed by atoms with Crippen LogP contribution in [0.25, 0.3) is 22.0 Å². The number of amides is 2. The van der Waals surface area contributed by atoms with Crippen molar-refractivity contribution in [1.82, 2.24) is 15.2 Å². The molecule has 36 heavy (non-hydrogen) atoms. The number of hydrogen-bond donors (Lipinski definition) is 2. The molecule has 7 nitrogen and oxygen atoms in total. The van der Waals surface area contributed by atoms with Gasteiger partial charge in [-0.25, -0.2) is 4.98 Å². The van der Waals surface area contributed by atoms with Crippen molar-refractivity contribution >= 4 is 28.3 Å². The molecule has 2 aromatic carbocycles. The topological polar surface area (TPSA) is 83.6 Å². The molecular formula is C26H25F3N4O3. The highest BCUT2D eigenvalue weighted by Gasteiger charge is 2.32. The van der Waals surface area contributed by atoms with Crippen LogP contribution in [-0.4, -0.2) is 54.2 Å². The molecular weight excluding hydrogens is 473 g/mol. The zero-order valence-corrected chi connectivity index (χ0v) is 19.6. The van der Waals surface area contributed by atoms with Gasteiger partial charge in [0.05, 0.1) is 11.4 Å². The summed E-state index contributed by atoms with van der Waals surface area (Å²) in [6, 6.07) is 12.7. The van der Waals surface area contributed by atoms with Crippen LogP contribution in [0.2, 0.25) is 0 Å². The Morgan fingerprint density at radius 2 is 1.86 bits per heavy atom. The Hall–Kier alpha value is -3.92. The van der Waals surface area contributed by atoms with Crippen LogP contribution in [0.1, 0.15) is 23.3 Å². The Morgan fingerprint density at radius 1 is 1.14 bits per heavy atom. The number of piperidine rings is 1. The second-order valence-corrected chi connectivity index (χ2v) is 8.57. The highest BCUT2D eigenvalue weighted by molar-refractivity contribution is 6.08. The Kier molecular flexibility index (Phi) is 7.25. The largest absolute Gasteiger partial charge is 0.573 e. The number of hydrogen-bond acceptors (Lipinski definition) is 5. The van der Waals surface area contributed by atoms with Crippen molar-refractivity contribution in [3.05, 3.63) is 66.9 Å². The first-order chi connectivity index (χ1) is 17.1. The molecule has 0 bridgehead atoms. The van der Waals surface area contributed by atoms with Crippen molar-refractivity contribution in [3.63, 3.8) is 0 Å². The molecule has 1 saturated heterocycles. The number of benzene rings is 2. The summed E-state index contributed by atoms with van der Waals surface area (Å²) in [4.78, 5) is 31.5. The summed E-state index contributed by atoms with van der Waals surface area (Å²) in [5.41, 5.74) is 1.10. The molecule has 3 aromatic rings. The van der Waals surface area contributed by atoms with Gasteiger partial charge in [0.15, 0.2) is 5.75 Å². The number of fused-ring (bicyclic) bond motifs is 1. The van der Waals surface area contributed by atoms with E-state index in [2.05, 4.69) is 31.8 Å². The normalized spacial score (nSPS) is 14.9. The molecule has 1 aliphatic heterocycles. The number of anilines is 1. The van der Waals surface area contributed by atoms with E-state index >= 15 is 0 Å². The van der Waals surface area contributed by atoms with Gasteiger partial charge >= 0.3 is 6.36 Å². The van der Waals surface area contributed by atoms with E-state index in [0.29, 0.717) is 22.0 Å². The maximum absolute atomic E-state index is 13.0. The van der Waals surface area contributed by atoms with E-state index in [9.17, 15) is 22.8 Å². The minimum Gasteiger partial charge on any atom is -0.404 e. The van der Waals surface area contributed by atoms with E-state index in [1.54, 1.807) is 36.4 Å². The predicted molar refractivity (Wildman–Crippen MR) is 131 cm³/mol. The van der Waals surface area contributed by atoms with Crippen LogP contribution in [-0.2, 0) is 4.79 Å². The molecule has 2 heterocycles. The Labute approximate surface area is 206 Å². The third-order valence-corrected chi connectivity index (χ3v) is 5.97. The fraction of sp³-hybridized carbons (Fsp3) is 0.269. The minimum atomic E-state index is -4.95. The number of likely N-dealkylation sites (tertiary alicyclic amines) is 1. The summed E-state index contributed by atoms with van der Waals surface area (Å²) in [6.45, 7) is 5.16. The number of carbonyl (C=O) groups is 2. The van der Waals surface area contributed by atoms with Crippen molar-refractivity contribution in [3.8, 4) is 17.0 Å². The highest BCUT2D eigenvalue weighted by atomic mass is 19.4. The number of alkyl halides is 3. The van der Waals surface area contributed by atoms with Gasteiger partial charge < -0.3 is 20.3 Å². The number of ether oxygens (including phenoxy) is 1. The molecule has 0 saturated carbocycles. The fourth-order valence-electron chi connectivity index (χ4n) is 4.11. The smallest absolute Gasteiger partial charge is 0.404 e. The van der Waals surface area contributed by atoms with Gasteiger partial charge in [-0.15, -0.1) is 13.2 Å². The van der Waals surface area contributed by atoms with E-state index in [-0.39, 0.29) is 23.3 Å². The van der Waals surface area contributed by atoms with Gasteiger partial charge in [-0.3, -0.25) is 9.59 Å². The van der Waals surface area contributed by atoms with Crippen molar-refractivity contribution in [1.29, 1.82) is 0 Å². The molecule has 188 valence electrons. The third-order valence-electron chi connectivity index (χ3n) is 5.97. The quantitative estimate of drug-likeness (QED) is 0.480. The Morgan fingerprint density at radius 3 is 2.56 bits per heavy atom. The maximum atomic E-state index is 13.0. The molecule has 1 aromatic heterocycles. The number of nitrogens with one attached hydrogen (secondary N) is 2. The molecule has 2 amide bonds. The van der Waals surface area contributed by atoms with Crippen molar-refractivity contribution in [2.24, 2.45) is 0 Å². The molecule has 1 aliphatic rings. The van der Waals surface area contributed by atoms with E-state index in [0.717, 1.165) is 38.1 Å². The molecule has 0 radical (unpaired) electrons. The van der Waals surface area contributed by atoms with Crippen molar-refractivity contribution < 1.29 is 27.5 Å². The minimum absolute atomic E-state index is 0.0721. The zero-order chi connectivity index (χ0) is 25.9. The number of aromatic nitrogens is 1. The summed E-state index contributed by atoms with van der Waals surface area (Å²) < 4.78 is 43.1. The molecule has 1 fully saturated rings. The molecule has 2 N–H and O–H groups in total. The van der Waals surface area contributed by atoms with Gasteiger partial charge in [-0.2, -0.15) is 0 Å². The van der Waals surface area contributed by atoms with Gasteiger partial charge in [0.25, 0.3) is 5.91 Å². The molecule has 0 aliphatic carbocycles. The third kappa shape index (κ3) is 6.01. The van der Waals surface area contributed by atoms with Crippen LogP contribution in [0.4, 0.5) is 18.9 Å².